The highest BCUT2D eigenvalue weighted by molar-refractivity contribution is 9.10. The zero-order valence-electron chi connectivity index (χ0n) is 9.67. The molecule has 0 aliphatic heterocycles. The van der Waals surface area contributed by atoms with Gasteiger partial charge < -0.3 is 4.74 Å². The van der Waals surface area contributed by atoms with Crippen LogP contribution in [-0.4, -0.2) is 15.6 Å². The van der Waals surface area contributed by atoms with E-state index in [1.54, 1.807) is 6.07 Å². The van der Waals surface area contributed by atoms with E-state index in [0.29, 0.717) is 5.88 Å². The molecule has 0 aromatic carbocycles. The minimum absolute atomic E-state index is 0.182. The molecule has 0 aliphatic carbocycles. The lowest BCUT2D eigenvalue weighted by atomic mass is 10.1. The average molecular weight is 273 g/mol. The van der Waals surface area contributed by atoms with Gasteiger partial charge in [0.2, 0.25) is 5.88 Å². The summed E-state index contributed by atoms with van der Waals surface area (Å²) in [5, 5.41) is 0. The smallest absolute Gasteiger partial charge is 0.218 e. The molecule has 1 aromatic heterocycles. The number of aromatic nitrogens is 2. The quantitative estimate of drug-likeness (QED) is 0.789. The van der Waals surface area contributed by atoms with E-state index >= 15 is 0 Å². The Morgan fingerprint density at radius 1 is 1.33 bits per heavy atom. The Kier molecular flexibility index (Phi) is 4.08. The molecule has 0 bridgehead atoms. The van der Waals surface area contributed by atoms with Crippen LogP contribution in [0.5, 0.6) is 5.88 Å². The number of hydrogen-bond donors (Lipinski definition) is 0. The highest BCUT2D eigenvalue weighted by Crippen LogP contribution is 2.21. The summed E-state index contributed by atoms with van der Waals surface area (Å²) in [6, 6.07) is 1.80. The first-order valence-electron chi connectivity index (χ1n) is 5.19. The third-order valence-electron chi connectivity index (χ3n) is 2.27. The molecular formula is C11H17BrN2O. The van der Waals surface area contributed by atoms with Crippen LogP contribution >= 0.6 is 15.9 Å². The third kappa shape index (κ3) is 3.78. The Labute approximate surface area is 99.4 Å². The number of aryl methyl sites for hydroxylation is 1. The molecule has 0 atom stereocenters. The van der Waals surface area contributed by atoms with Crippen LogP contribution in [-0.2, 0) is 6.42 Å². The predicted molar refractivity (Wildman–Crippen MR) is 64.1 cm³/mol. The SMILES string of the molecule is CCc1nc(Br)cc(OC(C)(C)CC)n1. The van der Waals surface area contributed by atoms with Gasteiger partial charge in [-0.1, -0.05) is 13.8 Å². The second-order valence-electron chi connectivity index (χ2n) is 4.01. The third-order valence-corrected chi connectivity index (χ3v) is 2.67. The van der Waals surface area contributed by atoms with Crippen molar-refractivity contribution in [3.8, 4) is 5.88 Å². The molecule has 0 saturated heterocycles. The topological polar surface area (TPSA) is 35.0 Å². The lowest BCUT2D eigenvalue weighted by molar-refractivity contribution is 0.0983. The standard InChI is InChI=1S/C11H17BrN2O/c1-5-9-13-8(12)7-10(14-9)15-11(3,4)6-2/h7H,5-6H2,1-4H3. The Bertz CT molecular complexity index is 339. The van der Waals surface area contributed by atoms with Crippen molar-refractivity contribution in [1.82, 2.24) is 9.97 Å². The molecule has 3 nitrogen and oxygen atoms in total. The molecule has 1 heterocycles. The number of nitrogens with zero attached hydrogens (tertiary/aromatic N) is 2. The maximum atomic E-state index is 5.79. The molecule has 15 heavy (non-hydrogen) atoms. The molecule has 1 rings (SSSR count). The molecule has 1 aromatic rings. The first kappa shape index (κ1) is 12.4. The van der Waals surface area contributed by atoms with Crippen LogP contribution in [0.1, 0.15) is 39.9 Å². The highest BCUT2D eigenvalue weighted by Gasteiger charge is 2.18. The number of halogens is 1. The summed E-state index contributed by atoms with van der Waals surface area (Å²) in [6.07, 6.45) is 1.75. The maximum Gasteiger partial charge on any atom is 0.218 e. The van der Waals surface area contributed by atoms with Crippen molar-refractivity contribution in [2.75, 3.05) is 0 Å². The predicted octanol–water partition coefficient (Wildman–Crippen LogP) is 3.37. The van der Waals surface area contributed by atoms with Gasteiger partial charge in [0, 0.05) is 12.5 Å². The normalized spacial score (nSPS) is 11.5. The van der Waals surface area contributed by atoms with Crippen LogP contribution in [0.25, 0.3) is 0 Å². The first-order valence-corrected chi connectivity index (χ1v) is 5.98. The summed E-state index contributed by atoms with van der Waals surface area (Å²) in [7, 11) is 0. The van der Waals surface area contributed by atoms with E-state index in [0.717, 1.165) is 23.3 Å². The van der Waals surface area contributed by atoms with Crippen LogP contribution in [0, 0.1) is 0 Å². The molecule has 0 fully saturated rings. The highest BCUT2D eigenvalue weighted by atomic mass is 79.9. The van der Waals surface area contributed by atoms with Gasteiger partial charge in [-0.3, -0.25) is 0 Å². The van der Waals surface area contributed by atoms with Gasteiger partial charge in [0.1, 0.15) is 16.0 Å². The van der Waals surface area contributed by atoms with E-state index in [4.69, 9.17) is 4.74 Å². The van der Waals surface area contributed by atoms with Crippen molar-refractivity contribution in [1.29, 1.82) is 0 Å². The molecule has 0 saturated carbocycles. The van der Waals surface area contributed by atoms with Gasteiger partial charge in [-0.25, -0.2) is 4.98 Å². The Hall–Kier alpha value is -0.640. The van der Waals surface area contributed by atoms with E-state index in [1.807, 2.05) is 6.92 Å². The van der Waals surface area contributed by atoms with Gasteiger partial charge >= 0.3 is 0 Å². The molecule has 0 unspecified atom stereocenters. The fourth-order valence-corrected chi connectivity index (χ4v) is 1.41. The van der Waals surface area contributed by atoms with Crippen LogP contribution in [0.15, 0.2) is 10.7 Å². The Morgan fingerprint density at radius 2 is 2.00 bits per heavy atom. The van der Waals surface area contributed by atoms with E-state index in [-0.39, 0.29) is 5.60 Å². The fourth-order valence-electron chi connectivity index (χ4n) is 1.01. The van der Waals surface area contributed by atoms with E-state index in [1.165, 1.54) is 0 Å². The molecule has 0 aliphatic rings. The summed E-state index contributed by atoms with van der Waals surface area (Å²) in [6.45, 7) is 8.22. The van der Waals surface area contributed by atoms with Crippen molar-refractivity contribution in [2.45, 2.75) is 46.1 Å². The minimum Gasteiger partial charge on any atom is -0.472 e. The molecule has 0 N–H and O–H groups in total. The fraction of sp³-hybridized carbons (Fsp3) is 0.636. The van der Waals surface area contributed by atoms with Gasteiger partial charge in [0.15, 0.2) is 0 Å². The lowest BCUT2D eigenvalue weighted by Gasteiger charge is -2.24. The van der Waals surface area contributed by atoms with Gasteiger partial charge in [-0.15, -0.1) is 0 Å². The van der Waals surface area contributed by atoms with Gasteiger partial charge in [-0.05, 0) is 36.2 Å². The maximum absolute atomic E-state index is 5.79. The van der Waals surface area contributed by atoms with Crippen LogP contribution in [0.3, 0.4) is 0 Å². The van der Waals surface area contributed by atoms with E-state index < -0.39 is 0 Å². The second kappa shape index (κ2) is 4.92. The molecular weight excluding hydrogens is 256 g/mol. The number of ether oxygens (including phenoxy) is 1. The molecule has 0 radical (unpaired) electrons. The summed E-state index contributed by atoms with van der Waals surface area (Å²) >= 11 is 3.35. The van der Waals surface area contributed by atoms with Gasteiger partial charge in [-0.2, -0.15) is 4.98 Å². The van der Waals surface area contributed by atoms with Gasteiger partial charge in [0.25, 0.3) is 0 Å². The van der Waals surface area contributed by atoms with Crippen molar-refractivity contribution in [3.63, 3.8) is 0 Å². The first-order chi connectivity index (χ1) is 6.96. The van der Waals surface area contributed by atoms with Crippen molar-refractivity contribution >= 4 is 15.9 Å². The zero-order chi connectivity index (χ0) is 11.5. The van der Waals surface area contributed by atoms with E-state index in [2.05, 4.69) is 46.7 Å². The molecule has 84 valence electrons. The summed E-state index contributed by atoms with van der Waals surface area (Å²) in [5.74, 6) is 1.44. The monoisotopic (exact) mass is 272 g/mol. The van der Waals surface area contributed by atoms with Crippen LogP contribution in [0.4, 0.5) is 0 Å². The van der Waals surface area contributed by atoms with Crippen molar-refractivity contribution in [2.24, 2.45) is 0 Å². The van der Waals surface area contributed by atoms with Gasteiger partial charge in [0.05, 0.1) is 0 Å². The Balaban J connectivity index is 2.90. The average Bonchev–Trinajstić information content (AvgIpc) is 2.16. The zero-order valence-corrected chi connectivity index (χ0v) is 11.3. The van der Waals surface area contributed by atoms with Crippen LogP contribution < -0.4 is 4.74 Å². The lowest BCUT2D eigenvalue weighted by Crippen LogP contribution is -2.27. The molecule has 0 amide bonds. The largest absolute Gasteiger partial charge is 0.472 e. The van der Waals surface area contributed by atoms with Crippen molar-refractivity contribution < 1.29 is 4.74 Å². The van der Waals surface area contributed by atoms with Crippen LogP contribution in [0.2, 0.25) is 0 Å². The summed E-state index contributed by atoms with van der Waals surface area (Å²) in [4.78, 5) is 8.56. The number of hydrogen-bond acceptors (Lipinski definition) is 3. The van der Waals surface area contributed by atoms with E-state index in [9.17, 15) is 0 Å². The minimum atomic E-state index is -0.182. The van der Waals surface area contributed by atoms with Crippen molar-refractivity contribution in [3.05, 3.63) is 16.5 Å². The summed E-state index contributed by atoms with van der Waals surface area (Å²) in [5.41, 5.74) is -0.182. The summed E-state index contributed by atoms with van der Waals surface area (Å²) < 4.78 is 6.57. The molecule has 0 spiro atoms. The Morgan fingerprint density at radius 3 is 2.53 bits per heavy atom. The number of rotatable bonds is 4. The molecule has 4 heteroatoms. The second-order valence-corrected chi connectivity index (χ2v) is 4.83.